The number of hydrogen-bond acceptors (Lipinski definition) is 3. The molecule has 0 heterocycles. The Morgan fingerprint density at radius 3 is 2.60 bits per heavy atom. The molecule has 0 spiro atoms. The maximum atomic E-state index is 11.0. The second-order valence-electron chi connectivity index (χ2n) is 3.03. The molecule has 0 bridgehead atoms. The fourth-order valence-corrected chi connectivity index (χ4v) is 0.858. The van der Waals surface area contributed by atoms with Crippen LogP contribution < -0.4 is 11.2 Å². The fourth-order valence-electron chi connectivity index (χ4n) is 0.858. The normalized spacial score (nSPS) is 11.3. The molecule has 0 saturated carbocycles. The lowest BCUT2D eigenvalue weighted by Crippen LogP contribution is -2.38. The van der Waals surface area contributed by atoms with Crippen LogP contribution in [-0.2, 0) is 16.2 Å². The summed E-state index contributed by atoms with van der Waals surface area (Å²) in [6, 6.07) is 9.02. The Bertz CT molecular complexity index is 291. The minimum absolute atomic E-state index is 0. The van der Waals surface area contributed by atoms with Crippen LogP contribution in [0.1, 0.15) is 12.5 Å². The molecule has 0 saturated heterocycles. The van der Waals surface area contributed by atoms with Crippen molar-refractivity contribution in [2.75, 3.05) is 0 Å². The minimum atomic E-state index is -0.550. The molecule has 0 fully saturated rings. The number of benzene rings is 1. The van der Waals surface area contributed by atoms with Gasteiger partial charge in [0.1, 0.15) is 0 Å². The molecule has 84 valence electrons. The predicted octanol–water partition coefficient (Wildman–Crippen LogP) is 1.00. The number of carbonyl (C=O) groups excluding carboxylic acids is 1. The number of rotatable bonds is 4. The average molecular weight is 231 g/mol. The number of halogens is 1. The number of amides is 1. The van der Waals surface area contributed by atoms with E-state index in [0.717, 1.165) is 5.56 Å². The molecule has 0 aliphatic carbocycles. The van der Waals surface area contributed by atoms with Crippen molar-refractivity contribution in [2.45, 2.75) is 19.6 Å². The van der Waals surface area contributed by atoms with Crippen molar-refractivity contribution in [1.82, 2.24) is 5.48 Å². The van der Waals surface area contributed by atoms with E-state index < -0.39 is 6.04 Å². The number of hydrogen-bond donors (Lipinski definition) is 2. The number of carbonyl (C=O) groups is 1. The van der Waals surface area contributed by atoms with E-state index in [9.17, 15) is 4.79 Å². The highest BCUT2D eigenvalue weighted by Crippen LogP contribution is 1.98. The molecular weight excluding hydrogens is 216 g/mol. The van der Waals surface area contributed by atoms with Crippen LogP contribution >= 0.6 is 12.4 Å². The summed E-state index contributed by atoms with van der Waals surface area (Å²) >= 11 is 0. The molecule has 1 amide bonds. The molecule has 15 heavy (non-hydrogen) atoms. The SMILES string of the molecule is C[C@H](N)C(=O)NOCc1ccccc1.Cl. The Morgan fingerprint density at radius 2 is 2.07 bits per heavy atom. The van der Waals surface area contributed by atoms with Gasteiger partial charge >= 0.3 is 0 Å². The first kappa shape index (κ1) is 13.9. The van der Waals surface area contributed by atoms with Crippen molar-refractivity contribution < 1.29 is 9.63 Å². The third-order valence-electron chi connectivity index (χ3n) is 1.67. The first-order valence-corrected chi connectivity index (χ1v) is 4.41. The summed E-state index contributed by atoms with van der Waals surface area (Å²) in [5.74, 6) is -0.319. The van der Waals surface area contributed by atoms with Crippen LogP contribution in [0.25, 0.3) is 0 Å². The van der Waals surface area contributed by atoms with Gasteiger partial charge in [-0.2, -0.15) is 0 Å². The maximum Gasteiger partial charge on any atom is 0.260 e. The average Bonchev–Trinajstić information content (AvgIpc) is 2.19. The molecule has 3 N–H and O–H groups in total. The molecular formula is C10H15ClN2O2. The molecule has 0 aliphatic rings. The summed E-state index contributed by atoms with van der Waals surface area (Å²) < 4.78 is 0. The molecule has 1 aromatic rings. The maximum absolute atomic E-state index is 11.0. The number of nitrogens with two attached hydrogens (primary N) is 1. The van der Waals surface area contributed by atoms with Crippen LogP contribution in [-0.4, -0.2) is 11.9 Å². The van der Waals surface area contributed by atoms with E-state index in [-0.39, 0.29) is 18.3 Å². The smallest absolute Gasteiger partial charge is 0.260 e. The van der Waals surface area contributed by atoms with Crippen molar-refractivity contribution >= 4 is 18.3 Å². The first-order chi connectivity index (χ1) is 6.70. The zero-order valence-electron chi connectivity index (χ0n) is 8.47. The minimum Gasteiger partial charge on any atom is -0.320 e. The van der Waals surface area contributed by atoms with Gasteiger partial charge in [-0.1, -0.05) is 30.3 Å². The van der Waals surface area contributed by atoms with Crippen molar-refractivity contribution in [2.24, 2.45) is 5.73 Å². The summed E-state index contributed by atoms with van der Waals surface area (Å²) in [6.07, 6.45) is 0. The van der Waals surface area contributed by atoms with Crippen molar-refractivity contribution in [3.05, 3.63) is 35.9 Å². The lowest BCUT2D eigenvalue weighted by Gasteiger charge is -2.07. The molecule has 0 aromatic heterocycles. The van der Waals surface area contributed by atoms with Crippen LogP contribution in [0, 0.1) is 0 Å². The van der Waals surface area contributed by atoms with Crippen LogP contribution in [0.5, 0.6) is 0 Å². The monoisotopic (exact) mass is 230 g/mol. The molecule has 4 nitrogen and oxygen atoms in total. The Labute approximate surface area is 95.2 Å². The van der Waals surface area contributed by atoms with Gasteiger partial charge in [0, 0.05) is 0 Å². The van der Waals surface area contributed by atoms with Gasteiger partial charge in [0.2, 0.25) is 0 Å². The van der Waals surface area contributed by atoms with E-state index in [1.165, 1.54) is 0 Å². The van der Waals surface area contributed by atoms with Crippen molar-refractivity contribution in [1.29, 1.82) is 0 Å². The topological polar surface area (TPSA) is 64.4 Å². The van der Waals surface area contributed by atoms with Crippen LogP contribution in [0.2, 0.25) is 0 Å². The summed E-state index contributed by atoms with van der Waals surface area (Å²) in [5.41, 5.74) is 8.59. The van der Waals surface area contributed by atoms with Gasteiger partial charge in [0.25, 0.3) is 5.91 Å². The Hall–Kier alpha value is -1.10. The lowest BCUT2D eigenvalue weighted by atomic mass is 10.2. The number of hydroxylamine groups is 1. The highest BCUT2D eigenvalue weighted by Gasteiger charge is 2.05. The van der Waals surface area contributed by atoms with Crippen molar-refractivity contribution in [3.8, 4) is 0 Å². The summed E-state index contributed by atoms with van der Waals surface area (Å²) in [5, 5.41) is 0. The molecule has 0 unspecified atom stereocenters. The van der Waals surface area contributed by atoms with Crippen LogP contribution in [0.15, 0.2) is 30.3 Å². The van der Waals surface area contributed by atoms with Gasteiger partial charge in [-0.3, -0.25) is 9.63 Å². The highest BCUT2D eigenvalue weighted by atomic mass is 35.5. The van der Waals surface area contributed by atoms with Crippen molar-refractivity contribution in [3.63, 3.8) is 0 Å². The molecule has 5 heteroatoms. The lowest BCUT2D eigenvalue weighted by molar-refractivity contribution is -0.135. The van der Waals surface area contributed by atoms with Gasteiger partial charge in [-0.15, -0.1) is 12.4 Å². The number of nitrogens with one attached hydrogen (secondary N) is 1. The second kappa shape index (κ2) is 7.23. The van der Waals surface area contributed by atoms with E-state index >= 15 is 0 Å². The summed E-state index contributed by atoms with van der Waals surface area (Å²) in [6.45, 7) is 1.94. The summed E-state index contributed by atoms with van der Waals surface area (Å²) in [4.78, 5) is 15.9. The zero-order chi connectivity index (χ0) is 10.4. The van der Waals surface area contributed by atoms with Crippen LogP contribution in [0.3, 0.4) is 0 Å². The van der Waals surface area contributed by atoms with E-state index in [4.69, 9.17) is 10.6 Å². The zero-order valence-corrected chi connectivity index (χ0v) is 9.29. The van der Waals surface area contributed by atoms with E-state index in [1.54, 1.807) is 6.92 Å². The van der Waals surface area contributed by atoms with Gasteiger partial charge in [0.15, 0.2) is 0 Å². The Kier molecular flexibility index (Phi) is 6.70. The largest absolute Gasteiger partial charge is 0.320 e. The highest BCUT2D eigenvalue weighted by molar-refractivity contribution is 5.85. The molecule has 0 aliphatic heterocycles. The second-order valence-corrected chi connectivity index (χ2v) is 3.03. The van der Waals surface area contributed by atoms with Gasteiger partial charge in [0.05, 0.1) is 12.6 Å². The van der Waals surface area contributed by atoms with Gasteiger partial charge in [-0.25, -0.2) is 5.48 Å². The predicted molar refractivity (Wildman–Crippen MR) is 60.3 cm³/mol. The van der Waals surface area contributed by atoms with Crippen LogP contribution in [0.4, 0.5) is 0 Å². The van der Waals surface area contributed by atoms with E-state index in [2.05, 4.69) is 5.48 Å². The Balaban J connectivity index is 0.00000196. The molecule has 0 radical (unpaired) electrons. The van der Waals surface area contributed by atoms with Gasteiger partial charge < -0.3 is 5.73 Å². The quantitative estimate of drug-likeness (QED) is 0.759. The molecule has 1 aromatic carbocycles. The first-order valence-electron chi connectivity index (χ1n) is 4.41. The fraction of sp³-hybridized carbons (Fsp3) is 0.300. The van der Waals surface area contributed by atoms with Gasteiger partial charge in [-0.05, 0) is 12.5 Å². The van der Waals surface area contributed by atoms with E-state index in [1.807, 2.05) is 30.3 Å². The molecule has 1 rings (SSSR count). The summed E-state index contributed by atoms with van der Waals surface area (Å²) in [7, 11) is 0. The standard InChI is InChI=1S/C10H14N2O2.ClH/c1-8(11)10(13)12-14-7-9-5-3-2-4-6-9;/h2-6,8H,7,11H2,1H3,(H,12,13);1H/t8-;/m0./s1. The third-order valence-corrected chi connectivity index (χ3v) is 1.67. The third kappa shape index (κ3) is 5.37. The molecule has 1 atom stereocenters. The Morgan fingerprint density at radius 1 is 1.47 bits per heavy atom. The van der Waals surface area contributed by atoms with E-state index in [0.29, 0.717) is 6.61 Å².